The Kier molecular flexibility index (Phi) is 11.4. The molecule has 0 aromatic rings. The van der Waals surface area contributed by atoms with Gasteiger partial charge in [-0.15, -0.1) is 24.0 Å². The third-order valence-electron chi connectivity index (χ3n) is 3.09. The number of halogens is 1. The van der Waals surface area contributed by atoms with Crippen molar-refractivity contribution in [3.63, 3.8) is 0 Å². The maximum Gasteiger partial charge on any atom is 0.222 e. The first-order valence-corrected chi connectivity index (χ1v) is 8.34. The lowest BCUT2D eigenvalue weighted by molar-refractivity contribution is -0.132. The molecule has 0 aromatic carbocycles. The van der Waals surface area contributed by atoms with Gasteiger partial charge in [0.25, 0.3) is 0 Å². The summed E-state index contributed by atoms with van der Waals surface area (Å²) < 4.78 is 0. The number of carbonyl (C=O) groups is 1. The van der Waals surface area contributed by atoms with Crippen LogP contribution in [0, 0.1) is 0 Å². The van der Waals surface area contributed by atoms with Crippen molar-refractivity contribution in [1.82, 2.24) is 15.5 Å². The number of nitrogens with one attached hydrogen (secondary N) is 2. The maximum atomic E-state index is 11.4. The molecule has 2 N–H and O–H groups in total. The van der Waals surface area contributed by atoms with Crippen molar-refractivity contribution in [2.75, 3.05) is 38.7 Å². The second-order valence-electron chi connectivity index (χ2n) is 4.76. The van der Waals surface area contributed by atoms with Crippen LogP contribution in [-0.2, 0) is 4.79 Å². The Balaban J connectivity index is 0.00000361. The van der Waals surface area contributed by atoms with Gasteiger partial charge in [-0.05, 0) is 31.8 Å². The number of rotatable bonds is 6. The zero-order chi connectivity index (χ0) is 14.1. The van der Waals surface area contributed by atoms with Gasteiger partial charge in [-0.25, -0.2) is 0 Å². The van der Waals surface area contributed by atoms with Crippen LogP contribution in [-0.4, -0.2) is 61.5 Å². The standard InChI is InChI=1S/C13H26N4OS.HI/c1-4-14-13(15-8-5-9-19-3)16-11-6-7-12(18)17(2)10-11;/h11H,4-10H2,1-3H3,(H2,14,15,16);1H. The number of piperidine rings is 1. The summed E-state index contributed by atoms with van der Waals surface area (Å²) in [5, 5.41) is 6.68. The maximum absolute atomic E-state index is 11.4. The monoisotopic (exact) mass is 414 g/mol. The summed E-state index contributed by atoms with van der Waals surface area (Å²) >= 11 is 1.85. The number of likely N-dealkylation sites (N-methyl/N-ethyl adjacent to an activating group) is 1. The average Bonchev–Trinajstić information content (AvgIpc) is 2.39. The first kappa shape index (κ1) is 19.8. The third-order valence-corrected chi connectivity index (χ3v) is 3.79. The first-order valence-electron chi connectivity index (χ1n) is 6.95. The molecular formula is C13H27IN4OS. The predicted molar refractivity (Wildman–Crippen MR) is 98.2 cm³/mol. The van der Waals surface area contributed by atoms with Gasteiger partial charge in [-0.3, -0.25) is 9.79 Å². The highest BCUT2D eigenvalue weighted by Crippen LogP contribution is 2.09. The normalized spacial score (nSPS) is 19.6. The summed E-state index contributed by atoms with van der Waals surface area (Å²) in [6.07, 6.45) is 4.72. The highest BCUT2D eigenvalue weighted by Gasteiger charge is 2.23. The average molecular weight is 414 g/mol. The molecule has 1 fully saturated rings. The molecule has 0 aromatic heterocycles. The van der Waals surface area contributed by atoms with Crippen LogP contribution in [0.2, 0.25) is 0 Å². The molecule has 0 aliphatic carbocycles. The van der Waals surface area contributed by atoms with Crippen LogP contribution in [0.3, 0.4) is 0 Å². The lowest BCUT2D eigenvalue weighted by Gasteiger charge is -2.31. The smallest absolute Gasteiger partial charge is 0.222 e. The van der Waals surface area contributed by atoms with Gasteiger partial charge in [0.15, 0.2) is 5.96 Å². The van der Waals surface area contributed by atoms with E-state index in [1.54, 1.807) is 4.90 Å². The Morgan fingerprint density at radius 3 is 2.90 bits per heavy atom. The number of carbonyl (C=O) groups excluding carboxylic acids is 1. The minimum atomic E-state index is 0. The van der Waals surface area contributed by atoms with Gasteiger partial charge in [0.2, 0.25) is 5.91 Å². The molecule has 1 heterocycles. The van der Waals surface area contributed by atoms with Crippen LogP contribution < -0.4 is 10.6 Å². The summed E-state index contributed by atoms with van der Waals surface area (Å²) in [7, 11) is 1.86. The molecule has 1 aliphatic heterocycles. The second kappa shape index (κ2) is 11.5. The molecule has 0 radical (unpaired) electrons. The molecule has 1 atom stereocenters. The Hall–Kier alpha value is -0.180. The summed E-state index contributed by atoms with van der Waals surface area (Å²) in [5.41, 5.74) is 0. The predicted octanol–water partition coefficient (Wildman–Crippen LogP) is 1.53. The summed E-state index contributed by atoms with van der Waals surface area (Å²) in [6.45, 7) is 4.52. The van der Waals surface area contributed by atoms with Gasteiger partial charge in [0.1, 0.15) is 0 Å². The van der Waals surface area contributed by atoms with E-state index < -0.39 is 0 Å². The van der Waals surface area contributed by atoms with Crippen LogP contribution in [0.25, 0.3) is 0 Å². The Bertz CT molecular complexity index is 315. The number of hydrogen-bond acceptors (Lipinski definition) is 3. The minimum Gasteiger partial charge on any atom is -0.357 e. The number of thioether (sulfide) groups is 1. The van der Waals surface area contributed by atoms with Gasteiger partial charge in [-0.1, -0.05) is 0 Å². The highest BCUT2D eigenvalue weighted by molar-refractivity contribution is 14.0. The van der Waals surface area contributed by atoms with E-state index in [1.165, 1.54) is 0 Å². The van der Waals surface area contributed by atoms with Gasteiger partial charge in [0.05, 0.1) is 0 Å². The molecule has 0 bridgehead atoms. The summed E-state index contributed by atoms with van der Waals surface area (Å²) in [5.74, 6) is 2.25. The van der Waals surface area contributed by atoms with Crippen LogP contribution in [0.15, 0.2) is 4.99 Å². The largest absolute Gasteiger partial charge is 0.357 e. The molecule has 7 heteroatoms. The molecule has 1 saturated heterocycles. The van der Waals surface area contributed by atoms with E-state index in [1.807, 2.05) is 18.8 Å². The highest BCUT2D eigenvalue weighted by atomic mass is 127. The lowest BCUT2D eigenvalue weighted by atomic mass is 10.1. The molecule has 1 rings (SSSR count). The molecule has 1 unspecified atom stereocenters. The molecule has 20 heavy (non-hydrogen) atoms. The van der Waals surface area contributed by atoms with Gasteiger partial charge in [-0.2, -0.15) is 11.8 Å². The van der Waals surface area contributed by atoms with E-state index in [4.69, 9.17) is 0 Å². The SMILES string of the molecule is CCNC(=NCCCSC)NC1CCC(=O)N(C)C1.I. The van der Waals surface area contributed by atoms with Crippen molar-refractivity contribution in [2.45, 2.75) is 32.2 Å². The topological polar surface area (TPSA) is 56.7 Å². The molecule has 1 aliphatic rings. The van der Waals surface area contributed by atoms with Crippen LogP contribution >= 0.6 is 35.7 Å². The molecular weight excluding hydrogens is 387 g/mol. The van der Waals surface area contributed by atoms with Crippen LogP contribution in [0.4, 0.5) is 0 Å². The van der Waals surface area contributed by atoms with E-state index in [-0.39, 0.29) is 29.9 Å². The van der Waals surface area contributed by atoms with Crippen molar-refractivity contribution >= 4 is 47.6 Å². The number of guanidine groups is 1. The zero-order valence-corrected chi connectivity index (χ0v) is 15.8. The van der Waals surface area contributed by atoms with E-state index in [0.29, 0.717) is 12.5 Å². The summed E-state index contributed by atoms with van der Waals surface area (Å²) in [4.78, 5) is 17.8. The number of aliphatic imine (C=N–C) groups is 1. The molecule has 0 saturated carbocycles. The molecule has 5 nitrogen and oxygen atoms in total. The fraction of sp³-hybridized carbons (Fsp3) is 0.846. The zero-order valence-electron chi connectivity index (χ0n) is 12.6. The van der Waals surface area contributed by atoms with Gasteiger partial charge in [0, 0.05) is 39.1 Å². The Morgan fingerprint density at radius 1 is 1.55 bits per heavy atom. The fourth-order valence-electron chi connectivity index (χ4n) is 2.04. The van der Waals surface area contributed by atoms with Crippen LogP contribution in [0.1, 0.15) is 26.2 Å². The van der Waals surface area contributed by atoms with E-state index in [2.05, 4.69) is 28.8 Å². The third kappa shape index (κ3) is 7.56. The van der Waals surface area contributed by atoms with E-state index in [9.17, 15) is 4.79 Å². The Labute approximate surface area is 143 Å². The van der Waals surface area contributed by atoms with Crippen molar-refractivity contribution in [2.24, 2.45) is 4.99 Å². The number of hydrogen-bond donors (Lipinski definition) is 2. The lowest BCUT2D eigenvalue weighted by Crippen LogP contribution is -2.51. The first-order chi connectivity index (χ1) is 9.17. The van der Waals surface area contributed by atoms with Crippen LogP contribution in [0.5, 0.6) is 0 Å². The molecule has 1 amide bonds. The minimum absolute atomic E-state index is 0. The Morgan fingerprint density at radius 2 is 2.30 bits per heavy atom. The quantitative estimate of drug-likeness (QED) is 0.300. The van der Waals surface area contributed by atoms with Crippen molar-refractivity contribution < 1.29 is 4.79 Å². The van der Waals surface area contributed by atoms with Crippen molar-refractivity contribution in [1.29, 1.82) is 0 Å². The van der Waals surface area contributed by atoms with Crippen molar-refractivity contribution in [3.8, 4) is 0 Å². The fourth-order valence-corrected chi connectivity index (χ4v) is 2.46. The van der Waals surface area contributed by atoms with Gasteiger partial charge < -0.3 is 15.5 Å². The number of likely N-dealkylation sites (tertiary alicyclic amines) is 1. The molecule has 118 valence electrons. The molecule has 0 spiro atoms. The number of nitrogens with zero attached hydrogens (tertiary/aromatic N) is 2. The second-order valence-corrected chi connectivity index (χ2v) is 5.75. The summed E-state index contributed by atoms with van der Waals surface area (Å²) in [6, 6.07) is 0.307. The number of amides is 1. The van der Waals surface area contributed by atoms with E-state index in [0.717, 1.165) is 44.2 Å². The van der Waals surface area contributed by atoms with E-state index >= 15 is 0 Å². The van der Waals surface area contributed by atoms with Crippen molar-refractivity contribution in [3.05, 3.63) is 0 Å². The van der Waals surface area contributed by atoms with Gasteiger partial charge >= 0.3 is 0 Å².